The number of aryl methyl sites for hydroxylation is 2. The molecule has 1 aromatic heterocycles. The van der Waals surface area contributed by atoms with Crippen LogP contribution in [-0.4, -0.2) is 56.4 Å². The Hall–Kier alpha value is -5.65. The summed E-state index contributed by atoms with van der Waals surface area (Å²) >= 11 is 0. The number of aromatic nitrogens is 1. The molecule has 2 heterocycles. The van der Waals surface area contributed by atoms with Crippen molar-refractivity contribution in [2.45, 2.75) is 39.2 Å². The third-order valence-corrected chi connectivity index (χ3v) is 9.73. The number of ether oxygens (including phenoxy) is 1. The SMILES string of the molecule is Cc1cc(/C=C(/CC[C@@H](O)C2=C(COc3ccccc3)C[C@H]3C(=O)N(c4cccc([N+](=O)[O-])c4)C(=O)[C@H]3[C@H]2CO)c2ccccn2)cc(C)c1O. The number of imide groups is 1. The summed E-state index contributed by atoms with van der Waals surface area (Å²) < 4.78 is 6.11. The summed E-state index contributed by atoms with van der Waals surface area (Å²) in [4.78, 5) is 44.4. The second-order valence-electron chi connectivity index (χ2n) is 13.0. The fraction of sp³-hybridized carbons (Fsp3) is 0.275. The van der Waals surface area contributed by atoms with Crippen LogP contribution in [0.5, 0.6) is 11.5 Å². The molecule has 0 bridgehead atoms. The van der Waals surface area contributed by atoms with Crippen LogP contribution >= 0.6 is 0 Å². The van der Waals surface area contributed by atoms with Crippen LogP contribution in [0.2, 0.25) is 0 Å². The average molecular weight is 690 g/mol. The lowest BCUT2D eigenvalue weighted by molar-refractivity contribution is -0.384. The number of aliphatic hydroxyl groups is 2. The Balaban J connectivity index is 1.35. The number of amides is 2. The molecule has 0 saturated carbocycles. The van der Waals surface area contributed by atoms with E-state index in [2.05, 4.69) is 4.98 Å². The summed E-state index contributed by atoms with van der Waals surface area (Å²) in [5.74, 6) is -3.04. The van der Waals surface area contributed by atoms with Crippen molar-refractivity contribution in [3.8, 4) is 11.5 Å². The maximum Gasteiger partial charge on any atom is 0.271 e. The van der Waals surface area contributed by atoms with Gasteiger partial charge in [0.25, 0.3) is 5.69 Å². The molecule has 1 saturated heterocycles. The van der Waals surface area contributed by atoms with Gasteiger partial charge >= 0.3 is 0 Å². The van der Waals surface area contributed by atoms with Crippen LogP contribution in [0.25, 0.3) is 11.6 Å². The zero-order valence-electron chi connectivity index (χ0n) is 28.3. The minimum Gasteiger partial charge on any atom is -0.507 e. The summed E-state index contributed by atoms with van der Waals surface area (Å²) in [6.07, 6.45) is 3.21. The zero-order valence-corrected chi connectivity index (χ0v) is 28.3. The van der Waals surface area contributed by atoms with Crippen LogP contribution < -0.4 is 9.64 Å². The van der Waals surface area contributed by atoms with E-state index in [0.717, 1.165) is 27.2 Å². The van der Waals surface area contributed by atoms with Crippen LogP contribution in [0.4, 0.5) is 11.4 Å². The van der Waals surface area contributed by atoms with E-state index in [-0.39, 0.29) is 36.6 Å². The smallest absolute Gasteiger partial charge is 0.271 e. The molecule has 262 valence electrons. The highest BCUT2D eigenvalue weighted by molar-refractivity contribution is 6.22. The van der Waals surface area contributed by atoms with E-state index >= 15 is 0 Å². The van der Waals surface area contributed by atoms with Gasteiger partial charge in [0.05, 0.1) is 40.9 Å². The molecule has 51 heavy (non-hydrogen) atoms. The predicted octanol–water partition coefficient (Wildman–Crippen LogP) is 6.19. The molecule has 2 amide bonds. The van der Waals surface area contributed by atoms with Crippen molar-refractivity contribution in [1.29, 1.82) is 0 Å². The van der Waals surface area contributed by atoms with E-state index in [1.165, 1.54) is 24.3 Å². The molecule has 1 fully saturated rings. The van der Waals surface area contributed by atoms with Crippen LogP contribution in [0, 0.1) is 41.7 Å². The summed E-state index contributed by atoms with van der Waals surface area (Å²) in [7, 11) is 0. The van der Waals surface area contributed by atoms with Crippen molar-refractivity contribution in [2.24, 2.45) is 17.8 Å². The Morgan fingerprint density at radius 3 is 2.41 bits per heavy atom. The number of pyridine rings is 1. The Morgan fingerprint density at radius 1 is 1.02 bits per heavy atom. The first-order valence-electron chi connectivity index (χ1n) is 16.8. The number of phenolic OH excluding ortho intramolecular Hbond substituents is 1. The Bertz CT molecular complexity index is 1990. The fourth-order valence-electron chi connectivity index (χ4n) is 7.33. The number of rotatable bonds is 12. The second-order valence-corrected chi connectivity index (χ2v) is 13.0. The first kappa shape index (κ1) is 35.2. The topological polar surface area (TPSA) is 163 Å². The third-order valence-electron chi connectivity index (χ3n) is 9.73. The monoisotopic (exact) mass is 689 g/mol. The number of nitro benzene ring substituents is 1. The lowest BCUT2D eigenvalue weighted by Gasteiger charge is -2.36. The van der Waals surface area contributed by atoms with Crippen LogP contribution in [0.1, 0.15) is 41.6 Å². The Kier molecular flexibility index (Phi) is 10.4. The molecule has 11 heteroatoms. The summed E-state index contributed by atoms with van der Waals surface area (Å²) in [6.45, 7) is 3.16. The van der Waals surface area contributed by atoms with Gasteiger partial charge in [0.15, 0.2) is 0 Å². The zero-order chi connectivity index (χ0) is 36.2. The standard InChI is InChI=1S/C40H39N3O8/c1-24-17-26(18-25(2)38(24)46)19-27(34-13-6-7-16-41-34)14-15-35(45)36-28(23-51-31-11-4-3-5-12-31)20-32-37(33(36)22-44)40(48)42(39(32)47)29-9-8-10-30(21-29)43(49)50/h3-13,16-19,21,32-33,35,37,44-46H,14-15,20,22-23H2,1-2H3/b27-19-/t32-,33+,35-,37-/m1/s1. The molecule has 0 unspecified atom stereocenters. The van der Waals surface area contributed by atoms with Gasteiger partial charge in [-0.05, 0) is 115 Å². The number of hydrogen-bond donors (Lipinski definition) is 3. The number of aromatic hydroxyl groups is 1. The first-order valence-corrected chi connectivity index (χ1v) is 16.8. The van der Waals surface area contributed by atoms with E-state index in [1.807, 2.05) is 68.5 Å². The molecule has 0 radical (unpaired) electrons. The highest BCUT2D eigenvalue weighted by Crippen LogP contribution is 2.48. The van der Waals surface area contributed by atoms with Crippen LogP contribution in [0.15, 0.2) is 102 Å². The number of aliphatic hydroxyl groups excluding tert-OH is 2. The number of benzene rings is 3. The van der Waals surface area contributed by atoms with Gasteiger partial charge in [0, 0.05) is 24.2 Å². The quantitative estimate of drug-likeness (QED) is 0.0682. The second kappa shape index (κ2) is 15.1. The van der Waals surface area contributed by atoms with Crippen LogP contribution in [0.3, 0.4) is 0 Å². The Morgan fingerprint density at radius 2 is 1.75 bits per heavy atom. The maximum absolute atomic E-state index is 14.0. The number of phenols is 1. The van der Waals surface area contributed by atoms with Gasteiger partial charge < -0.3 is 20.1 Å². The summed E-state index contributed by atoms with van der Waals surface area (Å²) in [5.41, 5.74) is 4.75. The van der Waals surface area contributed by atoms with Gasteiger partial charge in [-0.25, -0.2) is 4.90 Å². The number of carbonyl (C=O) groups is 2. The summed E-state index contributed by atoms with van der Waals surface area (Å²) in [5, 5.41) is 44.7. The Labute approximate surface area is 295 Å². The molecular formula is C40H39N3O8. The molecule has 3 aromatic carbocycles. The van der Waals surface area contributed by atoms with Gasteiger partial charge in [0.1, 0.15) is 18.1 Å². The molecule has 1 aliphatic heterocycles. The van der Waals surface area contributed by atoms with Crippen LogP contribution in [-0.2, 0) is 9.59 Å². The number of fused-ring (bicyclic) bond motifs is 1. The lowest BCUT2D eigenvalue weighted by atomic mass is 9.68. The molecule has 11 nitrogen and oxygen atoms in total. The van der Waals surface area contributed by atoms with E-state index in [9.17, 15) is 35.0 Å². The van der Waals surface area contributed by atoms with Gasteiger partial charge in [-0.15, -0.1) is 0 Å². The van der Waals surface area contributed by atoms with Crippen molar-refractivity contribution in [3.05, 3.63) is 135 Å². The molecular weight excluding hydrogens is 650 g/mol. The normalized spacial score (nSPS) is 19.6. The number of allylic oxidation sites excluding steroid dienone is 1. The van der Waals surface area contributed by atoms with Crippen molar-refractivity contribution < 1.29 is 34.6 Å². The molecule has 4 atom stereocenters. The van der Waals surface area contributed by atoms with Gasteiger partial charge in [-0.2, -0.15) is 0 Å². The van der Waals surface area contributed by atoms with E-state index in [4.69, 9.17) is 4.74 Å². The van der Waals surface area contributed by atoms with E-state index in [0.29, 0.717) is 29.0 Å². The molecule has 1 aliphatic carbocycles. The van der Waals surface area contributed by atoms with Crippen molar-refractivity contribution in [3.63, 3.8) is 0 Å². The number of carbonyl (C=O) groups excluding carboxylic acids is 2. The number of anilines is 1. The van der Waals surface area contributed by atoms with E-state index < -0.39 is 47.2 Å². The lowest BCUT2D eigenvalue weighted by Crippen LogP contribution is -2.40. The highest BCUT2D eigenvalue weighted by Gasteiger charge is 2.55. The number of nitro groups is 1. The highest BCUT2D eigenvalue weighted by atomic mass is 16.6. The average Bonchev–Trinajstić information content (AvgIpc) is 3.39. The molecule has 6 rings (SSSR count). The molecule has 0 spiro atoms. The maximum atomic E-state index is 14.0. The predicted molar refractivity (Wildman–Crippen MR) is 192 cm³/mol. The molecule has 3 N–H and O–H groups in total. The minimum absolute atomic E-state index is 0.0173. The minimum atomic E-state index is -1.12. The van der Waals surface area contributed by atoms with E-state index in [1.54, 1.807) is 18.3 Å². The van der Waals surface area contributed by atoms with Gasteiger partial charge in [-0.1, -0.05) is 30.3 Å². The fourth-order valence-corrected chi connectivity index (χ4v) is 7.33. The van der Waals surface area contributed by atoms with Crippen molar-refractivity contribution in [2.75, 3.05) is 18.1 Å². The van der Waals surface area contributed by atoms with Crippen molar-refractivity contribution >= 4 is 34.8 Å². The molecule has 2 aliphatic rings. The van der Waals surface area contributed by atoms with Crippen molar-refractivity contribution in [1.82, 2.24) is 4.98 Å². The largest absolute Gasteiger partial charge is 0.507 e. The molecule has 4 aromatic rings. The van der Waals surface area contributed by atoms with Gasteiger partial charge in [-0.3, -0.25) is 24.7 Å². The number of hydrogen-bond acceptors (Lipinski definition) is 9. The number of nitrogens with zero attached hydrogens (tertiary/aromatic N) is 3. The number of para-hydroxylation sites is 1. The number of non-ortho nitro benzene ring substituents is 1. The summed E-state index contributed by atoms with van der Waals surface area (Å²) in [6, 6.07) is 23.8. The third kappa shape index (κ3) is 7.30. The first-order chi connectivity index (χ1) is 24.6. The van der Waals surface area contributed by atoms with Gasteiger partial charge in [0.2, 0.25) is 11.8 Å².